The Bertz CT molecular complexity index is 554. The van der Waals surface area contributed by atoms with Crippen molar-refractivity contribution in [3.8, 4) is 0 Å². The maximum absolute atomic E-state index is 12.8. The summed E-state index contributed by atoms with van der Waals surface area (Å²) in [4.78, 5) is 13.4. The number of carbonyl (C=O) groups excluding carboxylic acids is 1. The van der Waals surface area contributed by atoms with Crippen LogP contribution in [0.1, 0.15) is 34.6 Å². The first-order valence-corrected chi connectivity index (χ1v) is 7.15. The third-order valence-corrected chi connectivity index (χ3v) is 4.07. The number of carbonyl (C=O) groups is 1. The van der Waals surface area contributed by atoms with Gasteiger partial charge < -0.3 is 4.74 Å². The van der Waals surface area contributed by atoms with Gasteiger partial charge in [0.1, 0.15) is 5.56 Å². The van der Waals surface area contributed by atoms with Gasteiger partial charge >= 0.3 is 12.1 Å². The van der Waals surface area contributed by atoms with Crippen molar-refractivity contribution in [2.45, 2.75) is 39.5 Å². The predicted molar refractivity (Wildman–Crippen MR) is 73.4 cm³/mol. The SMILES string of the molecule is COC(=O)c1c(C)nn(CN2CCCC(C(F)(F)F)C2)c1C. The van der Waals surface area contributed by atoms with E-state index in [-0.39, 0.29) is 19.6 Å². The standard InChI is InChI=1S/C14H20F3N3O2/c1-9-12(13(21)22-3)10(2)20(18-9)8-19-6-4-5-11(7-19)14(15,16)17/h11H,4-8H2,1-3H3. The molecule has 1 aromatic rings. The molecule has 1 unspecified atom stereocenters. The number of likely N-dealkylation sites (tertiary alicyclic amines) is 1. The molecule has 5 nitrogen and oxygen atoms in total. The summed E-state index contributed by atoms with van der Waals surface area (Å²) in [5.74, 6) is -1.77. The van der Waals surface area contributed by atoms with E-state index in [9.17, 15) is 18.0 Å². The van der Waals surface area contributed by atoms with Crippen molar-refractivity contribution in [2.75, 3.05) is 20.2 Å². The number of hydrogen-bond donors (Lipinski definition) is 0. The van der Waals surface area contributed by atoms with Gasteiger partial charge in [0, 0.05) is 6.54 Å². The van der Waals surface area contributed by atoms with Gasteiger partial charge in [-0.1, -0.05) is 0 Å². The van der Waals surface area contributed by atoms with E-state index >= 15 is 0 Å². The van der Waals surface area contributed by atoms with E-state index in [0.29, 0.717) is 29.9 Å². The summed E-state index contributed by atoms with van der Waals surface area (Å²) in [6.45, 7) is 4.21. The number of alkyl halides is 3. The third kappa shape index (κ3) is 3.43. The van der Waals surface area contributed by atoms with Crippen LogP contribution in [0, 0.1) is 19.8 Å². The zero-order valence-electron chi connectivity index (χ0n) is 12.9. The number of rotatable bonds is 3. The van der Waals surface area contributed by atoms with Crippen LogP contribution in [0.3, 0.4) is 0 Å². The van der Waals surface area contributed by atoms with Crippen molar-refractivity contribution in [1.82, 2.24) is 14.7 Å². The van der Waals surface area contributed by atoms with Crippen LogP contribution in [0.4, 0.5) is 13.2 Å². The van der Waals surface area contributed by atoms with Gasteiger partial charge in [-0.2, -0.15) is 18.3 Å². The van der Waals surface area contributed by atoms with Gasteiger partial charge in [0.25, 0.3) is 0 Å². The molecular formula is C14H20F3N3O2. The number of aryl methyl sites for hydroxylation is 1. The first-order chi connectivity index (χ1) is 10.2. The summed E-state index contributed by atoms with van der Waals surface area (Å²) in [6.07, 6.45) is -3.48. The molecule has 22 heavy (non-hydrogen) atoms. The average molecular weight is 319 g/mol. The van der Waals surface area contributed by atoms with Crippen LogP contribution in [0.25, 0.3) is 0 Å². The van der Waals surface area contributed by atoms with Crippen molar-refractivity contribution >= 4 is 5.97 Å². The lowest BCUT2D eigenvalue weighted by Gasteiger charge is -2.33. The Morgan fingerprint density at radius 3 is 2.68 bits per heavy atom. The maximum atomic E-state index is 12.8. The Morgan fingerprint density at radius 2 is 2.09 bits per heavy atom. The molecule has 0 saturated carbocycles. The largest absolute Gasteiger partial charge is 0.465 e. The van der Waals surface area contributed by atoms with E-state index in [1.54, 1.807) is 23.4 Å². The fourth-order valence-corrected chi connectivity index (χ4v) is 2.87. The van der Waals surface area contributed by atoms with Crippen LogP contribution in [0.15, 0.2) is 0 Å². The maximum Gasteiger partial charge on any atom is 0.393 e. The molecule has 0 spiro atoms. The lowest BCUT2D eigenvalue weighted by atomic mass is 9.98. The average Bonchev–Trinajstić information content (AvgIpc) is 2.72. The molecule has 8 heteroatoms. The van der Waals surface area contributed by atoms with Gasteiger partial charge in [0.05, 0.1) is 31.1 Å². The molecule has 0 bridgehead atoms. The number of hydrogen-bond acceptors (Lipinski definition) is 4. The minimum Gasteiger partial charge on any atom is -0.465 e. The van der Waals surface area contributed by atoms with Gasteiger partial charge in [-0.05, 0) is 33.2 Å². The normalized spacial score (nSPS) is 20.2. The van der Waals surface area contributed by atoms with Crippen LogP contribution in [-0.4, -0.2) is 47.0 Å². The number of aromatic nitrogens is 2. The number of esters is 1. The first-order valence-electron chi connectivity index (χ1n) is 7.15. The number of ether oxygens (including phenoxy) is 1. The number of halogens is 3. The predicted octanol–water partition coefficient (Wildman–Crippen LogP) is 2.52. The molecule has 0 radical (unpaired) electrons. The second-order valence-electron chi connectivity index (χ2n) is 5.64. The lowest BCUT2D eigenvalue weighted by Crippen LogP contribution is -2.42. The van der Waals surface area contributed by atoms with E-state index in [0.717, 1.165) is 0 Å². The van der Waals surface area contributed by atoms with Gasteiger partial charge in [-0.3, -0.25) is 9.58 Å². The first kappa shape index (κ1) is 16.8. The second-order valence-corrected chi connectivity index (χ2v) is 5.64. The van der Waals surface area contributed by atoms with E-state index < -0.39 is 18.1 Å². The Hall–Kier alpha value is -1.57. The van der Waals surface area contributed by atoms with Gasteiger partial charge in [0.15, 0.2) is 0 Å². The lowest BCUT2D eigenvalue weighted by molar-refractivity contribution is -0.188. The number of methoxy groups -OCH3 is 1. The molecule has 1 aromatic heterocycles. The topological polar surface area (TPSA) is 47.4 Å². The summed E-state index contributed by atoms with van der Waals surface area (Å²) in [6, 6.07) is 0. The Morgan fingerprint density at radius 1 is 1.41 bits per heavy atom. The van der Waals surface area contributed by atoms with E-state index in [1.807, 2.05) is 0 Å². The highest BCUT2D eigenvalue weighted by Gasteiger charge is 2.41. The minimum atomic E-state index is -4.16. The van der Waals surface area contributed by atoms with Crippen LogP contribution in [0.2, 0.25) is 0 Å². The second kappa shape index (κ2) is 6.28. The summed E-state index contributed by atoms with van der Waals surface area (Å²) >= 11 is 0. The Kier molecular flexibility index (Phi) is 4.79. The molecule has 124 valence electrons. The van der Waals surface area contributed by atoms with Crippen LogP contribution in [0.5, 0.6) is 0 Å². The molecule has 1 aliphatic heterocycles. The van der Waals surface area contributed by atoms with E-state index in [1.165, 1.54) is 7.11 Å². The summed E-state index contributed by atoms with van der Waals surface area (Å²) in [5, 5.41) is 4.25. The Labute approximate surface area is 127 Å². The van der Waals surface area contributed by atoms with E-state index in [4.69, 9.17) is 4.74 Å². The van der Waals surface area contributed by atoms with Crippen LogP contribution >= 0.6 is 0 Å². The summed E-state index contributed by atoms with van der Waals surface area (Å²) in [7, 11) is 1.29. The third-order valence-electron chi connectivity index (χ3n) is 4.07. The van der Waals surface area contributed by atoms with Crippen LogP contribution < -0.4 is 0 Å². The van der Waals surface area contributed by atoms with Crippen LogP contribution in [-0.2, 0) is 11.4 Å². The molecule has 0 N–H and O–H groups in total. The fourth-order valence-electron chi connectivity index (χ4n) is 2.87. The smallest absolute Gasteiger partial charge is 0.393 e. The molecule has 1 aliphatic rings. The highest BCUT2D eigenvalue weighted by Crippen LogP contribution is 2.33. The highest BCUT2D eigenvalue weighted by atomic mass is 19.4. The molecule has 0 amide bonds. The van der Waals surface area contributed by atoms with E-state index in [2.05, 4.69) is 5.10 Å². The quantitative estimate of drug-likeness (QED) is 0.803. The van der Waals surface area contributed by atoms with Crippen molar-refractivity contribution in [3.05, 3.63) is 17.0 Å². The molecule has 1 fully saturated rings. The zero-order valence-corrected chi connectivity index (χ0v) is 12.9. The molecule has 0 aromatic carbocycles. The van der Waals surface area contributed by atoms with Gasteiger partial charge in [-0.15, -0.1) is 0 Å². The Balaban J connectivity index is 2.13. The highest BCUT2D eigenvalue weighted by molar-refractivity contribution is 5.91. The number of piperidine rings is 1. The molecule has 0 aliphatic carbocycles. The minimum absolute atomic E-state index is 0.0323. The molecular weight excluding hydrogens is 299 g/mol. The monoisotopic (exact) mass is 319 g/mol. The number of nitrogens with zero attached hydrogens (tertiary/aromatic N) is 3. The van der Waals surface area contributed by atoms with Crippen molar-refractivity contribution in [2.24, 2.45) is 5.92 Å². The summed E-state index contributed by atoms with van der Waals surface area (Å²) in [5.41, 5.74) is 1.51. The molecule has 2 rings (SSSR count). The molecule has 1 saturated heterocycles. The molecule has 1 atom stereocenters. The molecule has 2 heterocycles. The van der Waals surface area contributed by atoms with Crippen molar-refractivity contribution < 1.29 is 22.7 Å². The van der Waals surface area contributed by atoms with Crippen molar-refractivity contribution in [3.63, 3.8) is 0 Å². The fraction of sp³-hybridized carbons (Fsp3) is 0.714. The van der Waals surface area contributed by atoms with Gasteiger partial charge in [-0.25, -0.2) is 4.79 Å². The summed E-state index contributed by atoms with van der Waals surface area (Å²) < 4.78 is 44.8. The zero-order chi connectivity index (χ0) is 16.5. The van der Waals surface area contributed by atoms with Gasteiger partial charge in [0.2, 0.25) is 0 Å². The van der Waals surface area contributed by atoms with Crippen molar-refractivity contribution in [1.29, 1.82) is 0 Å².